The highest BCUT2D eigenvalue weighted by atomic mass is 35.5. The summed E-state index contributed by atoms with van der Waals surface area (Å²) in [6.45, 7) is 0.908. The largest absolute Gasteiger partial charge is 0.489 e. The van der Waals surface area contributed by atoms with Crippen molar-refractivity contribution >= 4 is 11.6 Å². The summed E-state index contributed by atoms with van der Waals surface area (Å²) in [5.41, 5.74) is 2.16. The van der Waals surface area contributed by atoms with E-state index in [-0.39, 0.29) is 0 Å². The van der Waals surface area contributed by atoms with Gasteiger partial charge in [0.1, 0.15) is 24.1 Å². The molecule has 0 N–H and O–H groups in total. The zero-order valence-electron chi connectivity index (χ0n) is 12.5. The third-order valence-electron chi connectivity index (χ3n) is 3.22. The van der Waals surface area contributed by atoms with Crippen molar-refractivity contribution in [3.8, 4) is 11.6 Å². The van der Waals surface area contributed by atoms with Gasteiger partial charge in [0, 0.05) is 12.1 Å². The summed E-state index contributed by atoms with van der Waals surface area (Å²) in [5.74, 6) is 1.08. The fraction of sp³-hybridized carbons (Fsp3) is 0.105. The van der Waals surface area contributed by atoms with Gasteiger partial charge in [-0.1, -0.05) is 72.3 Å². The van der Waals surface area contributed by atoms with Gasteiger partial charge in [-0.2, -0.15) is 0 Å². The molecule has 0 saturated heterocycles. The first-order valence-corrected chi connectivity index (χ1v) is 7.68. The molecular formula is C19H16ClNO2. The van der Waals surface area contributed by atoms with E-state index in [1.165, 1.54) is 0 Å². The Bertz CT molecular complexity index is 686. The van der Waals surface area contributed by atoms with Crippen LogP contribution in [0, 0.1) is 0 Å². The lowest BCUT2D eigenvalue weighted by Crippen LogP contribution is -1.99. The van der Waals surface area contributed by atoms with Crippen molar-refractivity contribution in [2.75, 3.05) is 0 Å². The molecule has 116 valence electrons. The average Bonchev–Trinajstić information content (AvgIpc) is 2.60. The normalized spacial score (nSPS) is 10.3. The molecule has 2 aromatic carbocycles. The van der Waals surface area contributed by atoms with E-state index in [0.29, 0.717) is 30.0 Å². The van der Waals surface area contributed by atoms with Crippen molar-refractivity contribution in [3.05, 3.63) is 89.1 Å². The second-order valence-corrected chi connectivity index (χ2v) is 5.40. The molecule has 4 heteroatoms. The van der Waals surface area contributed by atoms with Crippen LogP contribution < -0.4 is 9.47 Å². The number of ether oxygens (including phenoxy) is 2. The van der Waals surface area contributed by atoms with Crippen LogP contribution in [0.15, 0.2) is 72.8 Å². The highest BCUT2D eigenvalue weighted by Gasteiger charge is 2.05. The van der Waals surface area contributed by atoms with E-state index in [1.54, 1.807) is 12.1 Å². The predicted octanol–water partition coefficient (Wildman–Crippen LogP) is 4.89. The molecule has 0 aliphatic heterocycles. The Labute approximate surface area is 140 Å². The van der Waals surface area contributed by atoms with E-state index in [9.17, 15) is 0 Å². The Hall–Kier alpha value is -2.52. The molecule has 0 amide bonds. The smallest absolute Gasteiger partial charge is 0.218 e. The van der Waals surface area contributed by atoms with Crippen LogP contribution in [0.25, 0.3) is 0 Å². The fourth-order valence-corrected chi connectivity index (χ4v) is 2.27. The van der Waals surface area contributed by atoms with E-state index in [0.717, 1.165) is 11.1 Å². The highest BCUT2D eigenvalue weighted by Crippen LogP contribution is 2.23. The van der Waals surface area contributed by atoms with Gasteiger partial charge in [-0.3, -0.25) is 0 Å². The summed E-state index contributed by atoms with van der Waals surface area (Å²) in [4.78, 5) is 4.17. The first-order chi connectivity index (χ1) is 11.3. The van der Waals surface area contributed by atoms with Gasteiger partial charge in [-0.15, -0.1) is 0 Å². The second-order valence-electron chi connectivity index (χ2n) is 5.01. The molecule has 23 heavy (non-hydrogen) atoms. The average molecular weight is 326 g/mol. The van der Waals surface area contributed by atoms with Gasteiger partial charge in [0.05, 0.1) is 0 Å². The monoisotopic (exact) mass is 325 g/mol. The van der Waals surface area contributed by atoms with Crippen LogP contribution in [0.3, 0.4) is 0 Å². The molecule has 0 fully saturated rings. The van der Waals surface area contributed by atoms with Crippen molar-refractivity contribution in [1.29, 1.82) is 0 Å². The minimum atomic E-state index is 0.346. The predicted molar refractivity (Wildman–Crippen MR) is 90.8 cm³/mol. The lowest BCUT2D eigenvalue weighted by Gasteiger charge is -2.10. The molecule has 1 heterocycles. The van der Waals surface area contributed by atoms with Gasteiger partial charge < -0.3 is 9.47 Å². The topological polar surface area (TPSA) is 31.4 Å². The summed E-state index contributed by atoms with van der Waals surface area (Å²) >= 11 is 6.04. The van der Waals surface area contributed by atoms with Gasteiger partial charge in [-0.25, -0.2) is 4.98 Å². The van der Waals surface area contributed by atoms with Gasteiger partial charge in [-0.05, 0) is 11.1 Å². The van der Waals surface area contributed by atoms with Gasteiger partial charge >= 0.3 is 0 Å². The maximum atomic E-state index is 6.04. The van der Waals surface area contributed by atoms with Crippen LogP contribution in [0.5, 0.6) is 11.6 Å². The van der Waals surface area contributed by atoms with E-state index >= 15 is 0 Å². The Morgan fingerprint density at radius 1 is 0.739 bits per heavy atom. The molecule has 0 aliphatic carbocycles. The highest BCUT2D eigenvalue weighted by molar-refractivity contribution is 6.29. The Morgan fingerprint density at radius 3 is 1.91 bits per heavy atom. The molecule has 3 rings (SSSR count). The molecule has 0 spiro atoms. The summed E-state index contributed by atoms with van der Waals surface area (Å²) < 4.78 is 11.5. The molecule has 0 unspecified atom stereocenters. The number of rotatable bonds is 6. The lowest BCUT2D eigenvalue weighted by atomic mass is 10.2. The minimum Gasteiger partial charge on any atom is -0.489 e. The maximum absolute atomic E-state index is 6.04. The van der Waals surface area contributed by atoms with Gasteiger partial charge in [0.2, 0.25) is 5.88 Å². The first kappa shape index (κ1) is 15.4. The van der Waals surface area contributed by atoms with Crippen LogP contribution in [-0.4, -0.2) is 4.98 Å². The lowest BCUT2D eigenvalue weighted by molar-refractivity contribution is 0.281. The summed E-state index contributed by atoms with van der Waals surface area (Å²) in [5, 5.41) is 0.346. The summed E-state index contributed by atoms with van der Waals surface area (Å²) in [7, 11) is 0. The second kappa shape index (κ2) is 7.65. The van der Waals surface area contributed by atoms with Crippen LogP contribution in [-0.2, 0) is 13.2 Å². The number of benzene rings is 2. The maximum Gasteiger partial charge on any atom is 0.218 e. The van der Waals surface area contributed by atoms with Crippen LogP contribution >= 0.6 is 11.6 Å². The standard InChI is InChI=1S/C19H16ClNO2/c20-18-11-17(22-13-15-7-3-1-4-8-15)12-19(21-18)23-14-16-9-5-2-6-10-16/h1-12H,13-14H2. The molecule has 3 nitrogen and oxygen atoms in total. The van der Waals surface area contributed by atoms with Crippen molar-refractivity contribution in [3.63, 3.8) is 0 Å². The number of halogens is 1. The van der Waals surface area contributed by atoms with Crippen molar-refractivity contribution in [1.82, 2.24) is 4.98 Å². The van der Waals surface area contributed by atoms with Gasteiger partial charge in [0.15, 0.2) is 0 Å². The van der Waals surface area contributed by atoms with E-state index < -0.39 is 0 Å². The molecule has 0 bridgehead atoms. The Kier molecular flexibility index (Phi) is 5.12. The van der Waals surface area contributed by atoms with Crippen LogP contribution in [0.2, 0.25) is 5.15 Å². The molecule has 1 aromatic heterocycles. The molecule has 0 aliphatic rings. The number of nitrogens with zero attached hydrogens (tertiary/aromatic N) is 1. The van der Waals surface area contributed by atoms with Crippen molar-refractivity contribution in [2.24, 2.45) is 0 Å². The third-order valence-corrected chi connectivity index (χ3v) is 3.42. The molecule has 3 aromatic rings. The Morgan fingerprint density at radius 2 is 1.30 bits per heavy atom. The zero-order chi connectivity index (χ0) is 15.9. The van der Waals surface area contributed by atoms with Crippen molar-refractivity contribution in [2.45, 2.75) is 13.2 Å². The van der Waals surface area contributed by atoms with E-state index in [2.05, 4.69) is 4.98 Å². The van der Waals surface area contributed by atoms with Gasteiger partial charge in [0.25, 0.3) is 0 Å². The molecule has 0 radical (unpaired) electrons. The van der Waals surface area contributed by atoms with Crippen molar-refractivity contribution < 1.29 is 9.47 Å². The Balaban J connectivity index is 1.64. The number of pyridine rings is 1. The third kappa shape index (κ3) is 4.73. The molecule has 0 atom stereocenters. The summed E-state index contributed by atoms with van der Waals surface area (Å²) in [6, 6.07) is 23.3. The fourth-order valence-electron chi connectivity index (χ4n) is 2.08. The van der Waals surface area contributed by atoms with E-state index in [1.807, 2.05) is 60.7 Å². The first-order valence-electron chi connectivity index (χ1n) is 7.30. The molecule has 0 saturated carbocycles. The number of aromatic nitrogens is 1. The minimum absolute atomic E-state index is 0.346. The van der Waals surface area contributed by atoms with Crippen LogP contribution in [0.1, 0.15) is 11.1 Å². The zero-order valence-corrected chi connectivity index (χ0v) is 13.2. The van der Waals surface area contributed by atoms with E-state index in [4.69, 9.17) is 21.1 Å². The quantitative estimate of drug-likeness (QED) is 0.604. The number of hydrogen-bond acceptors (Lipinski definition) is 3. The summed E-state index contributed by atoms with van der Waals surface area (Å²) in [6.07, 6.45) is 0. The number of hydrogen-bond donors (Lipinski definition) is 0. The molecular weight excluding hydrogens is 310 g/mol. The SMILES string of the molecule is Clc1cc(OCc2ccccc2)cc(OCc2ccccc2)n1. The van der Waals surface area contributed by atoms with Crippen LogP contribution in [0.4, 0.5) is 0 Å².